The quantitative estimate of drug-likeness (QED) is 0.117. The van der Waals surface area contributed by atoms with Gasteiger partial charge in [0.2, 0.25) is 0 Å². The maximum atomic E-state index is 11.8. The molecule has 10 heteroatoms. The fourth-order valence-electron chi connectivity index (χ4n) is 4.09. The van der Waals surface area contributed by atoms with Crippen LogP contribution in [0.2, 0.25) is 65.0 Å². The Bertz CT molecular complexity index is 682. The Morgan fingerprint density at radius 2 is 1.36 bits per heavy atom. The first kappa shape index (κ1) is 30.5. The van der Waals surface area contributed by atoms with Crippen LogP contribution in [0.15, 0.2) is 22.8 Å². The third-order valence-electron chi connectivity index (χ3n) is 4.75. The summed E-state index contributed by atoms with van der Waals surface area (Å²) >= 11 is 0. The van der Waals surface area contributed by atoms with E-state index in [-0.39, 0.29) is 12.6 Å². The number of hydrogen-bond donors (Lipinski definition) is 0. The number of furan rings is 1. The van der Waals surface area contributed by atoms with Crippen molar-refractivity contribution in [2.45, 2.75) is 117 Å². The highest BCUT2D eigenvalue weighted by molar-refractivity contribution is 6.89. The van der Waals surface area contributed by atoms with Crippen LogP contribution >= 0.6 is 0 Å². The first-order valence-electron chi connectivity index (χ1n) is 12.4. The van der Waals surface area contributed by atoms with E-state index in [1.165, 1.54) is 12.8 Å². The molecule has 0 aliphatic heterocycles. The van der Waals surface area contributed by atoms with Crippen molar-refractivity contribution >= 4 is 39.7 Å². The summed E-state index contributed by atoms with van der Waals surface area (Å²) in [4.78, 5) is 11.8. The van der Waals surface area contributed by atoms with Crippen LogP contribution in [0.25, 0.3) is 0 Å². The molecule has 0 saturated heterocycles. The summed E-state index contributed by atoms with van der Waals surface area (Å²) in [5, 5.41) is 0. The van der Waals surface area contributed by atoms with Crippen LogP contribution in [-0.4, -0.2) is 39.7 Å². The molecule has 0 radical (unpaired) electrons. The van der Waals surface area contributed by atoms with E-state index < -0.39 is 33.8 Å². The smallest absolute Gasteiger partial charge is 0.315 e. The SMILES string of the molecule is C[Si](C)(C)O[Si](C)(C)O[Si](C)(CCCCCCCCC(=O)OCc1ccco1)O[Si](C)(C)C. The molecular weight excluding hydrogens is 485 g/mol. The Labute approximate surface area is 206 Å². The lowest BCUT2D eigenvalue weighted by Gasteiger charge is -2.41. The molecule has 0 bridgehead atoms. The summed E-state index contributed by atoms with van der Waals surface area (Å²) in [5.41, 5.74) is 0. The van der Waals surface area contributed by atoms with E-state index in [4.69, 9.17) is 21.5 Å². The molecule has 0 aromatic carbocycles. The van der Waals surface area contributed by atoms with Crippen molar-refractivity contribution < 1.29 is 26.3 Å². The highest BCUT2D eigenvalue weighted by Gasteiger charge is 2.44. The maximum absolute atomic E-state index is 11.8. The minimum atomic E-state index is -2.29. The molecule has 192 valence electrons. The van der Waals surface area contributed by atoms with Crippen LogP contribution < -0.4 is 0 Å². The van der Waals surface area contributed by atoms with Gasteiger partial charge < -0.3 is 21.5 Å². The lowest BCUT2D eigenvalue weighted by atomic mass is 10.1. The highest BCUT2D eigenvalue weighted by atomic mass is 28.5. The summed E-state index contributed by atoms with van der Waals surface area (Å²) in [6.45, 7) is 20.2. The average molecular weight is 533 g/mol. The predicted molar refractivity (Wildman–Crippen MR) is 145 cm³/mol. The lowest BCUT2D eigenvalue weighted by molar-refractivity contribution is -0.145. The third-order valence-corrected chi connectivity index (χ3v) is 18.3. The molecule has 1 aromatic rings. The molecule has 1 atom stereocenters. The summed E-state index contributed by atoms with van der Waals surface area (Å²) in [6.07, 6.45) is 8.58. The van der Waals surface area contributed by atoms with Crippen molar-refractivity contribution in [3.05, 3.63) is 24.2 Å². The molecule has 1 aromatic heterocycles. The molecule has 6 nitrogen and oxygen atoms in total. The zero-order valence-electron chi connectivity index (χ0n) is 22.5. The molecule has 0 spiro atoms. The summed E-state index contributed by atoms with van der Waals surface area (Å²) in [5.74, 6) is 0.528. The van der Waals surface area contributed by atoms with Gasteiger partial charge in [-0.3, -0.25) is 4.79 Å². The molecule has 33 heavy (non-hydrogen) atoms. The van der Waals surface area contributed by atoms with Crippen molar-refractivity contribution in [2.75, 3.05) is 0 Å². The zero-order chi connectivity index (χ0) is 25.2. The van der Waals surface area contributed by atoms with Gasteiger partial charge in [-0.15, -0.1) is 0 Å². The third kappa shape index (κ3) is 15.9. The van der Waals surface area contributed by atoms with Gasteiger partial charge in [0, 0.05) is 6.42 Å². The van der Waals surface area contributed by atoms with Gasteiger partial charge in [-0.05, 0) is 83.5 Å². The van der Waals surface area contributed by atoms with Gasteiger partial charge in [-0.2, -0.15) is 0 Å². The first-order valence-corrected chi connectivity index (χ1v) is 24.5. The molecule has 0 aliphatic rings. The molecule has 0 aliphatic carbocycles. The van der Waals surface area contributed by atoms with Crippen LogP contribution in [0.5, 0.6) is 0 Å². The average Bonchev–Trinajstić information content (AvgIpc) is 3.11. The molecule has 0 saturated carbocycles. The van der Waals surface area contributed by atoms with Gasteiger partial charge in [0.25, 0.3) is 0 Å². The fourth-order valence-corrected chi connectivity index (χ4v) is 22.1. The lowest BCUT2D eigenvalue weighted by Crippen LogP contribution is -2.56. The molecule has 0 fully saturated rings. The Hall–Kier alpha value is -0.502. The van der Waals surface area contributed by atoms with Gasteiger partial charge in [-0.1, -0.05) is 32.1 Å². The van der Waals surface area contributed by atoms with Gasteiger partial charge >= 0.3 is 23.1 Å². The topological polar surface area (TPSA) is 67.1 Å². The largest absolute Gasteiger partial charge is 0.466 e. The van der Waals surface area contributed by atoms with Crippen LogP contribution in [-0.2, 0) is 28.5 Å². The number of ether oxygens (including phenoxy) is 1. The zero-order valence-corrected chi connectivity index (χ0v) is 26.5. The van der Waals surface area contributed by atoms with E-state index >= 15 is 0 Å². The Balaban J connectivity index is 2.31. The fraction of sp³-hybridized carbons (Fsp3) is 0.783. The molecule has 0 N–H and O–H groups in total. The second-order valence-electron chi connectivity index (χ2n) is 11.4. The van der Waals surface area contributed by atoms with E-state index in [9.17, 15) is 4.79 Å². The molecule has 0 amide bonds. The normalized spacial score (nSPS) is 14.8. The van der Waals surface area contributed by atoms with E-state index in [2.05, 4.69) is 58.9 Å². The van der Waals surface area contributed by atoms with Crippen molar-refractivity contribution in [1.82, 2.24) is 0 Å². The van der Waals surface area contributed by atoms with E-state index in [1.807, 2.05) is 6.07 Å². The van der Waals surface area contributed by atoms with Gasteiger partial charge in [0.1, 0.15) is 12.4 Å². The summed E-state index contributed by atoms with van der Waals surface area (Å²) in [6, 6.07) is 4.62. The maximum Gasteiger partial charge on any atom is 0.315 e. The van der Waals surface area contributed by atoms with Gasteiger partial charge in [0.15, 0.2) is 16.6 Å². The predicted octanol–water partition coefficient (Wildman–Crippen LogP) is 7.55. The number of carbonyl (C=O) groups excluding carboxylic acids is 1. The molecule has 1 unspecified atom stereocenters. The minimum Gasteiger partial charge on any atom is -0.466 e. The minimum absolute atomic E-state index is 0.152. The van der Waals surface area contributed by atoms with Gasteiger partial charge in [-0.25, -0.2) is 0 Å². The van der Waals surface area contributed by atoms with Crippen molar-refractivity contribution in [3.63, 3.8) is 0 Å². The van der Waals surface area contributed by atoms with E-state index in [1.54, 1.807) is 12.3 Å². The monoisotopic (exact) mass is 532 g/mol. The molecule has 1 rings (SSSR count). The van der Waals surface area contributed by atoms with Crippen molar-refractivity contribution in [1.29, 1.82) is 0 Å². The van der Waals surface area contributed by atoms with Crippen LogP contribution in [0.3, 0.4) is 0 Å². The van der Waals surface area contributed by atoms with Crippen LogP contribution in [0.4, 0.5) is 0 Å². The Morgan fingerprint density at radius 3 is 1.91 bits per heavy atom. The highest BCUT2D eigenvalue weighted by Crippen LogP contribution is 2.28. The number of carbonyl (C=O) groups is 1. The Morgan fingerprint density at radius 1 is 0.788 bits per heavy atom. The number of rotatable bonds is 17. The second-order valence-corrected chi connectivity index (χ2v) is 27.9. The van der Waals surface area contributed by atoms with Crippen molar-refractivity contribution in [3.8, 4) is 0 Å². The van der Waals surface area contributed by atoms with Crippen LogP contribution in [0, 0.1) is 0 Å². The Kier molecular flexibility index (Phi) is 12.5. The second kappa shape index (κ2) is 13.6. The standard InChI is InChI=1S/C23H48O6Si4/c1-30(2,3)27-32(7,8)29-33(9,28-31(4,5)6)20-15-13-11-10-12-14-18-23(24)26-21-22-17-16-19-25-22/h16-17,19H,10-15,18,20-21H2,1-9H3. The molecular formula is C23H48O6Si4. The molecule has 1 heterocycles. The summed E-state index contributed by atoms with van der Waals surface area (Å²) in [7, 11) is -7.88. The van der Waals surface area contributed by atoms with Crippen LogP contribution in [0.1, 0.15) is 50.7 Å². The van der Waals surface area contributed by atoms with Gasteiger partial charge in [0.05, 0.1) is 6.26 Å². The van der Waals surface area contributed by atoms with E-state index in [0.717, 1.165) is 31.7 Å². The number of esters is 1. The van der Waals surface area contributed by atoms with Crippen molar-refractivity contribution in [2.24, 2.45) is 0 Å². The number of unbranched alkanes of at least 4 members (excludes halogenated alkanes) is 5. The number of hydrogen-bond acceptors (Lipinski definition) is 6. The first-order chi connectivity index (χ1) is 15.1. The summed E-state index contributed by atoms with van der Waals surface area (Å²) < 4.78 is 30.2. The van der Waals surface area contributed by atoms with E-state index in [0.29, 0.717) is 12.2 Å².